The first-order valence-corrected chi connectivity index (χ1v) is 5.25. The first kappa shape index (κ1) is 12.0. The molecule has 0 spiro atoms. The molecule has 15 heavy (non-hydrogen) atoms. The molecule has 86 valence electrons. The van der Waals surface area contributed by atoms with Gasteiger partial charge < -0.3 is 10.1 Å². The minimum absolute atomic E-state index is 0.0204. The molecule has 4 nitrogen and oxygen atoms in total. The van der Waals surface area contributed by atoms with E-state index in [0.717, 1.165) is 0 Å². The highest BCUT2D eigenvalue weighted by molar-refractivity contribution is 5.93. The SMILES string of the molecule is CC(C)[C@H]1OC(=O)N[C@@H]1C(=O)C(C)(C)C. The van der Waals surface area contributed by atoms with E-state index in [1.165, 1.54) is 0 Å². The second kappa shape index (κ2) is 3.83. The molecular weight excluding hydrogens is 194 g/mol. The van der Waals surface area contributed by atoms with Crippen molar-refractivity contribution in [1.29, 1.82) is 0 Å². The van der Waals surface area contributed by atoms with Crippen molar-refractivity contribution in [1.82, 2.24) is 5.32 Å². The van der Waals surface area contributed by atoms with E-state index in [0.29, 0.717) is 0 Å². The van der Waals surface area contributed by atoms with Gasteiger partial charge in [-0.1, -0.05) is 34.6 Å². The van der Waals surface area contributed by atoms with E-state index in [4.69, 9.17) is 4.74 Å². The zero-order chi connectivity index (χ0) is 11.8. The van der Waals surface area contributed by atoms with Crippen LogP contribution in [-0.4, -0.2) is 24.0 Å². The summed E-state index contributed by atoms with van der Waals surface area (Å²) in [6, 6.07) is -0.502. The lowest BCUT2D eigenvalue weighted by Crippen LogP contribution is -2.46. The van der Waals surface area contributed by atoms with Crippen molar-refractivity contribution in [3.8, 4) is 0 Å². The number of hydrogen-bond acceptors (Lipinski definition) is 3. The van der Waals surface area contributed by atoms with Crippen molar-refractivity contribution < 1.29 is 14.3 Å². The van der Waals surface area contributed by atoms with Gasteiger partial charge in [0, 0.05) is 5.41 Å². The molecule has 1 rings (SSSR count). The van der Waals surface area contributed by atoms with Crippen LogP contribution in [0.4, 0.5) is 4.79 Å². The molecule has 0 radical (unpaired) electrons. The van der Waals surface area contributed by atoms with Gasteiger partial charge in [-0.15, -0.1) is 0 Å². The molecule has 1 saturated heterocycles. The van der Waals surface area contributed by atoms with E-state index >= 15 is 0 Å². The molecular formula is C11H19NO3. The van der Waals surface area contributed by atoms with Gasteiger partial charge in [-0.25, -0.2) is 4.79 Å². The number of ketones is 1. The molecule has 2 atom stereocenters. The Balaban J connectivity index is 2.85. The molecule has 1 heterocycles. The van der Waals surface area contributed by atoms with E-state index < -0.39 is 17.6 Å². The minimum Gasteiger partial charge on any atom is -0.443 e. The van der Waals surface area contributed by atoms with Gasteiger partial charge in [0.05, 0.1) is 0 Å². The highest BCUT2D eigenvalue weighted by Crippen LogP contribution is 2.25. The summed E-state index contributed by atoms with van der Waals surface area (Å²) in [5, 5.41) is 2.58. The van der Waals surface area contributed by atoms with Crippen molar-refractivity contribution in [3.63, 3.8) is 0 Å². The van der Waals surface area contributed by atoms with Gasteiger partial charge in [-0.3, -0.25) is 4.79 Å². The molecule has 0 unspecified atom stereocenters. The average molecular weight is 213 g/mol. The highest BCUT2D eigenvalue weighted by atomic mass is 16.6. The largest absolute Gasteiger partial charge is 0.443 e. The summed E-state index contributed by atoms with van der Waals surface area (Å²) in [4.78, 5) is 23.1. The van der Waals surface area contributed by atoms with Crippen LogP contribution in [0.5, 0.6) is 0 Å². The van der Waals surface area contributed by atoms with Gasteiger partial charge in [0.2, 0.25) is 0 Å². The maximum Gasteiger partial charge on any atom is 0.408 e. The van der Waals surface area contributed by atoms with Gasteiger partial charge in [0.15, 0.2) is 5.78 Å². The van der Waals surface area contributed by atoms with Crippen LogP contribution in [0.3, 0.4) is 0 Å². The van der Waals surface area contributed by atoms with Gasteiger partial charge in [-0.2, -0.15) is 0 Å². The van der Waals surface area contributed by atoms with Crippen LogP contribution in [-0.2, 0) is 9.53 Å². The number of ether oxygens (including phenoxy) is 1. The number of carbonyl (C=O) groups is 2. The summed E-state index contributed by atoms with van der Waals surface area (Å²) in [7, 11) is 0. The molecule has 1 amide bonds. The monoisotopic (exact) mass is 213 g/mol. The van der Waals surface area contributed by atoms with E-state index in [-0.39, 0.29) is 17.8 Å². The van der Waals surface area contributed by atoms with Crippen LogP contribution < -0.4 is 5.32 Å². The predicted molar refractivity (Wildman–Crippen MR) is 56.5 cm³/mol. The number of hydrogen-bond donors (Lipinski definition) is 1. The number of Topliss-reactive ketones (excluding diaryl/α,β-unsaturated/α-hetero) is 1. The minimum atomic E-state index is -0.502. The maximum absolute atomic E-state index is 12.0. The fourth-order valence-electron chi connectivity index (χ4n) is 1.64. The van der Waals surface area contributed by atoms with Crippen molar-refractivity contribution in [3.05, 3.63) is 0 Å². The van der Waals surface area contributed by atoms with Gasteiger partial charge in [0.1, 0.15) is 12.1 Å². The van der Waals surface area contributed by atoms with E-state index in [1.807, 2.05) is 34.6 Å². The Hall–Kier alpha value is -1.06. The van der Waals surface area contributed by atoms with Gasteiger partial charge in [0.25, 0.3) is 0 Å². The van der Waals surface area contributed by atoms with E-state index in [2.05, 4.69) is 5.32 Å². The fraction of sp³-hybridized carbons (Fsp3) is 0.818. The van der Waals surface area contributed by atoms with Crippen LogP contribution in [0.1, 0.15) is 34.6 Å². The smallest absolute Gasteiger partial charge is 0.408 e. The Kier molecular flexibility index (Phi) is 3.07. The molecule has 0 saturated carbocycles. The topological polar surface area (TPSA) is 55.4 Å². The first-order chi connectivity index (χ1) is 6.73. The lowest BCUT2D eigenvalue weighted by molar-refractivity contribution is -0.129. The molecule has 1 aliphatic rings. The van der Waals surface area contributed by atoms with Crippen LogP contribution in [0, 0.1) is 11.3 Å². The number of rotatable bonds is 2. The Labute approximate surface area is 90.4 Å². The molecule has 0 aromatic rings. The molecule has 4 heteroatoms. The third-order valence-electron chi connectivity index (χ3n) is 2.52. The Morgan fingerprint density at radius 2 is 1.93 bits per heavy atom. The number of cyclic esters (lactones) is 1. The third-order valence-corrected chi connectivity index (χ3v) is 2.52. The summed E-state index contributed by atoms with van der Waals surface area (Å²) < 4.78 is 5.08. The zero-order valence-corrected chi connectivity index (χ0v) is 9.96. The highest BCUT2D eigenvalue weighted by Gasteiger charge is 2.44. The average Bonchev–Trinajstić information content (AvgIpc) is 2.44. The number of carbonyl (C=O) groups excluding carboxylic acids is 2. The molecule has 0 aliphatic carbocycles. The summed E-state index contributed by atoms with van der Waals surface area (Å²) in [5.41, 5.74) is -0.460. The molecule has 1 fully saturated rings. The Morgan fingerprint density at radius 1 is 1.40 bits per heavy atom. The summed E-state index contributed by atoms with van der Waals surface area (Å²) in [5.74, 6) is 0.160. The van der Waals surface area contributed by atoms with Crippen molar-refractivity contribution in [2.75, 3.05) is 0 Å². The standard InChI is InChI=1S/C11H19NO3/c1-6(2)8-7(12-10(14)15-8)9(13)11(3,4)5/h6-8H,1-5H3,(H,12,14)/t7-,8+/m0/s1. The normalized spacial score (nSPS) is 26.4. The quantitative estimate of drug-likeness (QED) is 0.760. The maximum atomic E-state index is 12.0. The van der Waals surface area contributed by atoms with Crippen molar-refractivity contribution in [2.45, 2.75) is 46.8 Å². The number of amides is 1. The summed E-state index contributed by atoms with van der Waals surface area (Å²) in [6.07, 6.45) is -0.833. The molecule has 1 aliphatic heterocycles. The van der Waals surface area contributed by atoms with Crippen molar-refractivity contribution >= 4 is 11.9 Å². The predicted octanol–water partition coefficient (Wildman–Crippen LogP) is 1.73. The molecule has 0 aromatic carbocycles. The Bertz CT molecular complexity index is 278. The second-order valence-corrected chi connectivity index (χ2v) is 5.35. The number of alkyl carbamates (subject to hydrolysis) is 1. The number of nitrogens with one attached hydrogen (secondary N) is 1. The van der Waals surface area contributed by atoms with Gasteiger partial charge >= 0.3 is 6.09 Å². The molecule has 0 bridgehead atoms. The molecule has 1 N–H and O–H groups in total. The Morgan fingerprint density at radius 3 is 2.33 bits per heavy atom. The lowest BCUT2D eigenvalue weighted by atomic mass is 9.83. The van der Waals surface area contributed by atoms with Crippen molar-refractivity contribution in [2.24, 2.45) is 11.3 Å². The van der Waals surface area contributed by atoms with Gasteiger partial charge in [-0.05, 0) is 5.92 Å². The van der Waals surface area contributed by atoms with Crippen LogP contribution in [0.15, 0.2) is 0 Å². The third kappa shape index (κ3) is 2.49. The zero-order valence-electron chi connectivity index (χ0n) is 9.96. The van der Waals surface area contributed by atoms with Crippen LogP contribution >= 0.6 is 0 Å². The van der Waals surface area contributed by atoms with E-state index in [9.17, 15) is 9.59 Å². The summed E-state index contributed by atoms with van der Waals surface area (Å²) >= 11 is 0. The molecule has 0 aromatic heterocycles. The van der Waals surface area contributed by atoms with Crippen LogP contribution in [0.25, 0.3) is 0 Å². The summed E-state index contributed by atoms with van der Waals surface area (Å²) in [6.45, 7) is 9.41. The van der Waals surface area contributed by atoms with Crippen LogP contribution in [0.2, 0.25) is 0 Å². The first-order valence-electron chi connectivity index (χ1n) is 5.25. The lowest BCUT2D eigenvalue weighted by Gasteiger charge is -2.25. The fourth-order valence-corrected chi connectivity index (χ4v) is 1.64. The second-order valence-electron chi connectivity index (χ2n) is 5.35. The van der Waals surface area contributed by atoms with E-state index in [1.54, 1.807) is 0 Å².